The van der Waals surface area contributed by atoms with Crippen molar-refractivity contribution < 1.29 is 0 Å². The molecule has 0 spiro atoms. The molecule has 0 unspecified atom stereocenters. The highest BCUT2D eigenvalue weighted by molar-refractivity contribution is 5.40. The van der Waals surface area contributed by atoms with Crippen molar-refractivity contribution in [1.82, 2.24) is 15.2 Å². The predicted molar refractivity (Wildman–Crippen MR) is 90.9 cm³/mol. The third-order valence-corrected chi connectivity index (χ3v) is 3.32. The lowest BCUT2D eigenvalue weighted by Gasteiger charge is -2.26. The molecule has 1 N–H and O–H groups in total. The first-order chi connectivity index (χ1) is 10.6. The summed E-state index contributed by atoms with van der Waals surface area (Å²) in [6.45, 7) is 10.3. The van der Waals surface area contributed by atoms with Gasteiger partial charge in [0.2, 0.25) is 5.95 Å². The van der Waals surface area contributed by atoms with Crippen LogP contribution in [0.2, 0.25) is 0 Å². The van der Waals surface area contributed by atoms with E-state index in [-0.39, 0.29) is 0 Å². The number of nitrogens with zero attached hydrogens (tertiary/aromatic N) is 4. The summed E-state index contributed by atoms with van der Waals surface area (Å²) in [5.74, 6) is 1.99. The molecule has 1 aromatic heterocycles. The van der Waals surface area contributed by atoms with Crippen LogP contribution >= 0.6 is 0 Å². The van der Waals surface area contributed by atoms with Gasteiger partial charge < -0.3 is 10.2 Å². The van der Waals surface area contributed by atoms with Crippen molar-refractivity contribution in [1.29, 1.82) is 0 Å². The van der Waals surface area contributed by atoms with Gasteiger partial charge in [0.15, 0.2) is 5.82 Å². The summed E-state index contributed by atoms with van der Waals surface area (Å²) in [6.07, 6.45) is 1.67. The van der Waals surface area contributed by atoms with E-state index in [0.29, 0.717) is 17.9 Å². The van der Waals surface area contributed by atoms with Crippen LogP contribution in [-0.4, -0.2) is 27.8 Å². The van der Waals surface area contributed by atoms with E-state index < -0.39 is 0 Å². The average molecular weight is 299 g/mol. The van der Waals surface area contributed by atoms with E-state index in [2.05, 4.69) is 65.2 Å². The molecule has 118 valence electrons. The fourth-order valence-electron chi connectivity index (χ4n) is 2.07. The van der Waals surface area contributed by atoms with E-state index in [0.717, 1.165) is 18.9 Å². The Morgan fingerprint density at radius 1 is 1.09 bits per heavy atom. The molecule has 0 amide bonds. The number of hydrogen-bond acceptors (Lipinski definition) is 5. The minimum absolute atomic E-state index is 0.294. The fourth-order valence-corrected chi connectivity index (χ4v) is 2.07. The molecule has 0 aliphatic rings. The number of anilines is 2. The molecule has 0 fully saturated rings. The maximum atomic E-state index is 4.60. The maximum Gasteiger partial charge on any atom is 0.247 e. The van der Waals surface area contributed by atoms with Gasteiger partial charge in [-0.2, -0.15) is 10.1 Å². The quantitative estimate of drug-likeness (QED) is 0.849. The summed E-state index contributed by atoms with van der Waals surface area (Å²) in [4.78, 5) is 6.76. The highest BCUT2D eigenvalue weighted by Gasteiger charge is 2.15. The van der Waals surface area contributed by atoms with Crippen LogP contribution in [0.1, 0.15) is 33.3 Å². The van der Waals surface area contributed by atoms with E-state index in [9.17, 15) is 0 Å². The molecule has 1 aromatic carbocycles. The van der Waals surface area contributed by atoms with Crippen LogP contribution in [0.15, 0.2) is 36.5 Å². The van der Waals surface area contributed by atoms with Crippen molar-refractivity contribution in [2.45, 2.75) is 40.3 Å². The molecule has 0 radical (unpaired) electrons. The van der Waals surface area contributed by atoms with E-state index in [1.54, 1.807) is 6.20 Å². The number of aromatic nitrogens is 3. The van der Waals surface area contributed by atoms with E-state index in [1.165, 1.54) is 5.56 Å². The van der Waals surface area contributed by atoms with Gasteiger partial charge in [-0.05, 0) is 25.3 Å². The first-order valence-electron chi connectivity index (χ1n) is 7.80. The Hall–Kier alpha value is -2.17. The minimum Gasteiger partial charge on any atom is -0.368 e. The Kier molecular flexibility index (Phi) is 5.69. The highest BCUT2D eigenvalue weighted by atomic mass is 15.3. The molecule has 2 aromatic rings. The normalized spacial score (nSPS) is 11.0. The first kappa shape index (κ1) is 16.2. The summed E-state index contributed by atoms with van der Waals surface area (Å²) in [5, 5.41) is 11.6. The summed E-state index contributed by atoms with van der Waals surface area (Å²) in [6, 6.07) is 10.6. The van der Waals surface area contributed by atoms with Crippen LogP contribution in [0.25, 0.3) is 0 Å². The van der Waals surface area contributed by atoms with E-state index in [1.807, 2.05) is 18.2 Å². The molecular formula is C17H25N5. The largest absolute Gasteiger partial charge is 0.368 e. The lowest BCUT2D eigenvalue weighted by atomic mass is 10.2. The van der Waals surface area contributed by atoms with Crippen LogP contribution < -0.4 is 10.2 Å². The van der Waals surface area contributed by atoms with E-state index in [4.69, 9.17) is 0 Å². The van der Waals surface area contributed by atoms with Crippen LogP contribution in [-0.2, 0) is 6.54 Å². The Balaban J connectivity index is 2.16. The SMILES string of the molecule is CC(C)CNc1cnnc(N(Cc2ccccc2)C(C)C)n1. The van der Waals surface area contributed by atoms with Crippen LogP contribution in [0.4, 0.5) is 11.8 Å². The first-order valence-corrected chi connectivity index (χ1v) is 7.80. The molecule has 0 saturated heterocycles. The van der Waals surface area contributed by atoms with Gasteiger partial charge in [0.05, 0.1) is 6.20 Å². The second-order valence-electron chi connectivity index (χ2n) is 6.12. The Bertz CT molecular complexity index is 568. The van der Waals surface area contributed by atoms with Crippen molar-refractivity contribution in [3.05, 3.63) is 42.1 Å². The Morgan fingerprint density at radius 3 is 2.45 bits per heavy atom. The van der Waals surface area contributed by atoms with Crippen LogP contribution in [0, 0.1) is 5.92 Å². The maximum absolute atomic E-state index is 4.60. The molecule has 0 bridgehead atoms. The van der Waals surface area contributed by atoms with Crippen molar-refractivity contribution in [3.8, 4) is 0 Å². The molecular weight excluding hydrogens is 274 g/mol. The zero-order valence-corrected chi connectivity index (χ0v) is 13.8. The van der Waals surface area contributed by atoms with Gasteiger partial charge in [0.25, 0.3) is 0 Å². The molecule has 0 aliphatic heterocycles. The molecule has 0 aliphatic carbocycles. The van der Waals surface area contributed by atoms with E-state index >= 15 is 0 Å². The third kappa shape index (κ3) is 4.69. The molecule has 5 heteroatoms. The number of nitrogens with one attached hydrogen (secondary N) is 1. The van der Waals surface area contributed by atoms with Crippen molar-refractivity contribution in [2.24, 2.45) is 5.92 Å². The summed E-state index contributed by atoms with van der Waals surface area (Å²) in [7, 11) is 0. The van der Waals surface area contributed by atoms with Crippen molar-refractivity contribution in [2.75, 3.05) is 16.8 Å². The van der Waals surface area contributed by atoms with Gasteiger partial charge in [-0.15, -0.1) is 5.10 Å². The smallest absolute Gasteiger partial charge is 0.247 e. The summed E-state index contributed by atoms with van der Waals surface area (Å²) >= 11 is 0. The predicted octanol–water partition coefficient (Wildman–Crippen LogP) is 3.35. The zero-order chi connectivity index (χ0) is 15.9. The van der Waals surface area contributed by atoms with Gasteiger partial charge in [0.1, 0.15) is 0 Å². The topological polar surface area (TPSA) is 53.9 Å². The fraction of sp³-hybridized carbons (Fsp3) is 0.471. The molecule has 22 heavy (non-hydrogen) atoms. The van der Waals surface area contributed by atoms with Gasteiger partial charge in [-0.3, -0.25) is 0 Å². The third-order valence-electron chi connectivity index (χ3n) is 3.32. The second kappa shape index (κ2) is 7.73. The molecule has 0 atom stereocenters. The number of benzene rings is 1. The lowest BCUT2D eigenvalue weighted by molar-refractivity contribution is 0.650. The average Bonchev–Trinajstić information content (AvgIpc) is 2.51. The summed E-state index contributed by atoms with van der Waals surface area (Å²) in [5.41, 5.74) is 1.24. The number of hydrogen-bond donors (Lipinski definition) is 1. The van der Waals surface area contributed by atoms with Gasteiger partial charge in [-0.1, -0.05) is 44.2 Å². The Labute approximate surface area is 132 Å². The standard InChI is InChI=1S/C17H25N5/c1-13(2)10-18-16-11-19-21-17(20-16)22(14(3)4)12-15-8-6-5-7-9-15/h5-9,11,13-14H,10,12H2,1-4H3,(H,18,20,21). The Morgan fingerprint density at radius 2 is 1.82 bits per heavy atom. The minimum atomic E-state index is 0.294. The number of rotatable bonds is 7. The highest BCUT2D eigenvalue weighted by Crippen LogP contribution is 2.16. The van der Waals surface area contributed by atoms with Gasteiger partial charge in [0, 0.05) is 19.1 Å². The zero-order valence-electron chi connectivity index (χ0n) is 13.8. The van der Waals surface area contributed by atoms with Crippen LogP contribution in [0.5, 0.6) is 0 Å². The van der Waals surface area contributed by atoms with Crippen molar-refractivity contribution in [3.63, 3.8) is 0 Å². The molecule has 5 nitrogen and oxygen atoms in total. The van der Waals surface area contributed by atoms with Gasteiger partial charge in [-0.25, -0.2) is 0 Å². The molecule has 0 saturated carbocycles. The van der Waals surface area contributed by atoms with Gasteiger partial charge >= 0.3 is 0 Å². The van der Waals surface area contributed by atoms with Crippen LogP contribution in [0.3, 0.4) is 0 Å². The second-order valence-corrected chi connectivity index (χ2v) is 6.12. The summed E-state index contributed by atoms with van der Waals surface area (Å²) < 4.78 is 0. The molecule has 1 heterocycles. The lowest BCUT2D eigenvalue weighted by Crippen LogP contribution is -2.32. The van der Waals surface area contributed by atoms with Crippen molar-refractivity contribution >= 4 is 11.8 Å². The molecule has 2 rings (SSSR count). The monoisotopic (exact) mass is 299 g/mol.